The predicted octanol–water partition coefficient (Wildman–Crippen LogP) is 2.83. The average molecular weight is 284 g/mol. The van der Waals surface area contributed by atoms with E-state index in [2.05, 4.69) is 15.3 Å². The van der Waals surface area contributed by atoms with Gasteiger partial charge in [0.15, 0.2) is 0 Å². The van der Waals surface area contributed by atoms with Gasteiger partial charge in [0.1, 0.15) is 5.82 Å². The number of nitrogen functional groups attached to an aromatic ring is 1. The number of benzene rings is 1. The molecule has 1 aromatic heterocycles. The summed E-state index contributed by atoms with van der Waals surface area (Å²) in [4.78, 5) is 7.70. The molecule has 5 nitrogen and oxygen atoms in total. The Labute approximate surface area is 112 Å². The number of methoxy groups -OCH3 is 1. The number of ether oxygens (including phenoxy) is 1. The molecule has 0 saturated heterocycles. The van der Waals surface area contributed by atoms with Crippen molar-refractivity contribution in [2.75, 3.05) is 18.2 Å². The Morgan fingerprint density at radius 2 is 1.80 bits per heavy atom. The molecule has 20 heavy (non-hydrogen) atoms. The second-order valence-electron chi connectivity index (χ2n) is 3.85. The van der Waals surface area contributed by atoms with Crippen LogP contribution in [0.3, 0.4) is 0 Å². The monoisotopic (exact) mass is 284 g/mol. The van der Waals surface area contributed by atoms with E-state index in [1.54, 1.807) is 0 Å². The van der Waals surface area contributed by atoms with E-state index in [4.69, 9.17) is 10.5 Å². The van der Waals surface area contributed by atoms with Crippen LogP contribution in [0.2, 0.25) is 0 Å². The van der Waals surface area contributed by atoms with Gasteiger partial charge in [0, 0.05) is 11.8 Å². The lowest BCUT2D eigenvalue weighted by Crippen LogP contribution is -2.05. The summed E-state index contributed by atoms with van der Waals surface area (Å²) < 4.78 is 42.2. The number of rotatable bonds is 3. The van der Waals surface area contributed by atoms with Gasteiger partial charge in [-0.05, 0) is 24.3 Å². The summed E-state index contributed by atoms with van der Waals surface area (Å²) >= 11 is 0. The molecule has 0 atom stereocenters. The molecule has 3 N–H and O–H groups in total. The van der Waals surface area contributed by atoms with Gasteiger partial charge in [-0.2, -0.15) is 23.1 Å². The average Bonchev–Trinajstić information content (AvgIpc) is 2.37. The molecule has 1 aromatic carbocycles. The smallest absolute Gasteiger partial charge is 0.416 e. The van der Waals surface area contributed by atoms with Crippen molar-refractivity contribution in [3.63, 3.8) is 0 Å². The van der Waals surface area contributed by atoms with Crippen LogP contribution in [0.25, 0.3) is 0 Å². The van der Waals surface area contributed by atoms with Crippen LogP contribution in [0.1, 0.15) is 5.56 Å². The van der Waals surface area contributed by atoms with Crippen molar-refractivity contribution >= 4 is 17.5 Å². The van der Waals surface area contributed by atoms with Crippen molar-refractivity contribution in [3.8, 4) is 5.88 Å². The number of hydrogen-bond donors (Lipinski definition) is 2. The summed E-state index contributed by atoms with van der Waals surface area (Å²) in [6, 6.07) is 6.03. The van der Waals surface area contributed by atoms with Crippen molar-refractivity contribution in [1.29, 1.82) is 0 Å². The van der Waals surface area contributed by atoms with E-state index in [-0.39, 0.29) is 11.8 Å². The lowest BCUT2D eigenvalue weighted by atomic mass is 10.2. The number of nitrogens with one attached hydrogen (secondary N) is 1. The van der Waals surface area contributed by atoms with Gasteiger partial charge >= 0.3 is 6.18 Å². The van der Waals surface area contributed by atoms with Gasteiger partial charge in [-0.3, -0.25) is 0 Å². The van der Waals surface area contributed by atoms with E-state index in [9.17, 15) is 13.2 Å². The Morgan fingerprint density at radius 3 is 2.35 bits per heavy atom. The number of nitrogens with zero attached hydrogens (tertiary/aromatic N) is 2. The number of alkyl halides is 3. The number of halogens is 3. The molecule has 0 saturated carbocycles. The second kappa shape index (κ2) is 5.24. The van der Waals surface area contributed by atoms with Gasteiger partial charge in [-0.1, -0.05) is 0 Å². The highest BCUT2D eigenvalue weighted by molar-refractivity contribution is 5.58. The molecule has 0 aliphatic heterocycles. The van der Waals surface area contributed by atoms with Crippen LogP contribution in [-0.2, 0) is 6.18 Å². The highest BCUT2D eigenvalue weighted by Crippen LogP contribution is 2.30. The predicted molar refractivity (Wildman–Crippen MR) is 67.7 cm³/mol. The first-order valence-corrected chi connectivity index (χ1v) is 5.51. The zero-order chi connectivity index (χ0) is 14.8. The molecule has 1 heterocycles. The third-order valence-electron chi connectivity index (χ3n) is 2.41. The molecule has 2 aromatic rings. The van der Waals surface area contributed by atoms with E-state index in [0.29, 0.717) is 11.5 Å². The van der Waals surface area contributed by atoms with Gasteiger partial charge in [0.2, 0.25) is 11.8 Å². The molecule has 0 aliphatic carbocycles. The minimum absolute atomic E-state index is 0.00115. The van der Waals surface area contributed by atoms with E-state index in [1.807, 2.05) is 0 Å². The zero-order valence-corrected chi connectivity index (χ0v) is 10.4. The second-order valence-corrected chi connectivity index (χ2v) is 3.85. The molecule has 0 bridgehead atoms. The summed E-state index contributed by atoms with van der Waals surface area (Å²) in [5.74, 6) is 0.583. The highest BCUT2D eigenvalue weighted by atomic mass is 19.4. The Balaban J connectivity index is 2.20. The molecule has 0 amide bonds. The van der Waals surface area contributed by atoms with E-state index in [1.165, 1.54) is 25.3 Å². The van der Waals surface area contributed by atoms with Gasteiger partial charge in [0.25, 0.3) is 0 Å². The first kappa shape index (κ1) is 13.9. The van der Waals surface area contributed by atoms with Crippen LogP contribution in [0.4, 0.5) is 30.6 Å². The fraction of sp³-hybridized carbons (Fsp3) is 0.167. The summed E-state index contributed by atoms with van der Waals surface area (Å²) in [5.41, 5.74) is 5.20. The highest BCUT2D eigenvalue weighted by Gasteiger charge is 2.29. The molecule has 0 aliphatic rings. The molecule has 0 spiro atoms. The normalized spacial score (nSPS) is 11.2. The first-order valence-electron chi connectivity index (χ1n) is 5.51. The standard InChI is InChI=1S/C12H11F3N4O/c1-20-10-6-9(18-11(16)19-10)17-8-4-2-7(3-5-8)12(13,14)15/h2-6H,1H3,(H3,16,17,18,19). The van der Waals surface area contributed by atoms with Crippen LogP contribution in [0.5, 0.6) is 5.88 Å². The van der Waals surface area contributed by atoms with Crippen molar-refractivity contribution in [2.24, 2.45) is 0 Å². The van der Waals surface area contributed by atoms with Crippen molar-refractivity contribution in [2.45, 2.75) is 6.18 Å². The molecule has 8 heteroatoms. The Hall–Kier alpha value is -2.51. The first-order chi connectivity index (χ1) is 9.38. The molecule has 2 rings (SSSR count). The maximum atomic E-state index is 12.4. The van der Waals surface area contributed by atoms with Gasteiger partial charge in [-0.15, -0.1) is 0 Å². The topological polar surface area (TPSA) is 73.1 Å². The number of hydrogen-bond acceptors (Lipinski definition) is 5. The molecule has 0 unspecified atom stereocenters. The molecule has 0 radical (unpaired) electrons. The molecule has 0 fully saturated rings. The van der Waals surface area contributed by atoms with Gasteiger partial charge in [-0.25, -0.2) is 0 Å². The summed E-state index contributed by atoms with van der Waals surface area (Å²) in [7, 11) is 1.42. The number of anilines is 3. The maximum Gasteiger partial charge on any atom is 0.416 e. The number of nitrogens with two attached hydrogens (primary N) is 1. The zero-order valence-electron chi connectivity index (χ0n) is 10.4. The van der Waals surface area contributed by atoms with Crippen LogP contribution in [-0.4, -0.2) is 17.1 Å². The summed E-state index contributed by atoms with van der Waals surface area (Å²) in [5, 5.41) is 2.82. The van der Waals surface area contributed by atoms with Crippen LogP contribution < -0.4 is 15.8 Å². The minimum atomic E-state index is -4.36. The third kappa shape index (κ3) is 3.28. The fourth-order valence-corrected chi connectivity index (χ4v) is 1.50. The largest absolute Gasteiger partial charge is 0.481 e. The molecular formula is C12H11F3N4O. The summed E-state index contributed by atoms with van der Waals surface area (Å²) in [6.07, 6.45) is -4.36. The fourth-order valence-electron chi connectivity index (χ4n) is 1.50. The van der Waals surface area contributed by atoms with Crippen molar-refractivity contribution in [3.05, 3.63) is 35.9 Å². The van der Waals surface area contributed by atoms with Crippen molar-refractivity contribution < 1.29 is 17.9 Å². The Kier molecular flexibility index (Phi) is 3.64. The Bertz CT molecular complexity index is 599. The molecular weight excluding hydrogens is 273 g/mol. The summed E-state index contributed by atoms with van der Waals surface area (Å²) in [6.45, 7) is 0. The molecule has 106 valence electrons. The third-order valence-corrected chi connectivity index (χ3v) is 2.41. The van der Waals surface area contributed by atoms with Crippen LogP contribution >= 0.6 is 0 Å². The van der Waals surface area contributed by atoms with Gasteiger partial charge < -0.3 is 15.8 Å². The lowest BCUT2D eigenvalue weighted by Gasteiger charge is -2.10. The number of aromatic nitrogens is 2. The van der Waals surface area contributed by atoms with Gasteiger partial charge in [0.05, 0.1) is 12.7 Å². The van der Waals surface area contributed by atoms with E-state index < -0.39 is 11.7 Å². The van der Waals surface area contributed by atoms with Crippen molar-refractivity contribution in [1.82, 2.24) is 9.97 Å². The van der Waals surface area contributed by atoms with Crippen LogP contribution in [0, 0.1) is 0 Å². The SMILES string of the molecule is COc1cc(Nc2ccc(C(F)(F)F)cc2)nc(N)n1. The quantitative estimate of drug-likeness (QED) is 0.906. The lowest BCUT2D eigenvalue weighted by molar-refractivity contribution is -0.137. The minimum Gasteiger partial charge on any atom is -0.481 e. The van der Waals surface area contributed by atoms with Crippen LogP contribution in [0.15, 0.2) is 30.3 Å². The maximum absolute atomic E-state index is 12.4. The van der Waals surface area contributed by atoms with E-state index >= 15 is 0 Å². The van der Waals surface area contributed by atoms with E-state index in [0.717, 1.165) is 12.1 Å². The Morgan fingerprint density at radius 1 is 1.15 bits per heavy atom.